The molecule has 3 aromatic heterocycles. The Labute approximate surface area is 205 Å². The summed E-state index contributed by atoms with van der Waals surface area (Å²) in [6, 6.07) is 10.6. The van der Waals surface area contributed by atoms with Gasteiger partial charge in [0.25, 0.3) is 0 Å². The lowest BCUT2D eigenvalue weighted by atomic mass is 10.1. The molecule has 0 atom stereocenters. The molecule has 1 fully saturated rings. The van der Waals surface area contributed by atoms with E-state index in [0.29, 0.717) is 49.5 Å². The van der Waals surface area contributed by atoms with Gasteiger partial charge in [0.2, 0.25) is 0 Å². The molecule has 0 spiro atoms. The Morgan fingerprint density at radius 3 is 2.56 bits per heavy atom. The fourth-order valence-corrected chi connectivity index (χ4v) is 4.38. The predicted octanol–water partition coefficient (Wildman–Crippen LogP) is 4.09. The fraction of sp³-hybridized carbons (Fsp3) is 0.280. The summed E-state index contributed by atoms with van der Waals surface area (Å²) in [6.07, 6.45) is 4.73. The number of hydrogen-bond donors (Lipinski definition) is 1. The van der Waals surface area contributed by atoms with Crippen LogP contribution in [0.1, 0.15) is 17.0 Å². The van der Waals surface area contributed by atoms with Crippen LogP contribution in [0.15, 0.2) is 55.0 Å². The fourth-order valence-electron chi connectivity index (χ4n) is 4.38. The normalized spacial score (nSPS) is 14.0. The van der Waals surface area contributed by atoms with Crippen molar-refractivity contribution in [3.63, 3.8) is 0 Å². The lowest BCUT2D eigenvalue weighted by Crippen LogP contribution is -2.48. The number of imidazole rings is 1. The number of nitrogens with zero attached hydrogens (tertiary/aromatic N) is 6. The summed E-state index contributed by atoms with van der Waals surface area (Å²) in [6.45, 7) is 1.01. The zero-order chi connectivity index (χ0) is 25.2. The molecule has 0 radical (unpaired) electrons. The molecule has 4 aromatic rings. The van der Waals surface area contributed by atoms with Gasteiger partial charge >= 0.3 is 12.7 Å². The average Bonchev–Trinajstić information content (AvgIpc) is 3.19. The van der Waals surface area contributed by atoms with Crippen LogP contribution in [-0.2, 0) is 6.42 Å². The number of rotatable bonds is 6. The lowest BCUT2D eigenvalue weighted by Gasteiger charge is -2.33. The molecule has 1 aliphatic heterocycles. The molecule has 9 nitrogen and oxygen atoms in total. The van der Waals surface area contributed by atoms with Gasteiger partial charge in [-0.15, -0.1) is 0 Å². The van der Waals surface area contributed by atoms with Crippen molar-refractivity contribution in [1.82, 2.24) is 24.3 Å². The SMILES string of the molecule is Cc1nc2cnc(-c3ccc(N4CCN(C(=O)O)CC4)nc3)cn2c1Cc1ccccc1OC(F)F. The molecule has 186 valence electrons. The van der Waals surface area contributed by atoms with Crippen LogP contribution >= 0.6 is 0 Å². The van der Waals surface area contributed by atoms with Crippen molar-refractivity contribution in [3.05, 3.63) is 71.9 Å². The molecule has 4 heterocycles. The summed E-state index contributed by atoms with van der Waals surface area (Å²) in [5.74, 6) is 0.916. The van der Waals surface area contributed by atoms with E-state index in [1.165, 1.54) is 11.0 Å². The van der Waals surface area contributed by atoms with Gasteiger partial charge in [-0.25, -0.2) is 14.8 Å². The number of aromatic nitrogens is 4. The zero-order valence-electron chi connectivity index (χ0n) is 19.5. The number of alkyl halides is 2. The summed E-state index contributed by atoms with van der Waals surface area (Å²) >= 11 is 0. The Hall–Kier alpha value is -4.28. The molecule has 36 heavy (non-hydrogen) atoms. The standard InChI is InChI=1S/C25H24F2N6O3/c1-16-20(12-17-4-2-3-5-21(17)36-24(26)27)33-15-19(28-14-23(33)30-16)18-6-7-22(29-13-18)31-8-10-32(11-9-31)25(34)35/h2-7,13-15,24H,8-12H2,1H3,(H,34,35). The van der Waals surface area contributed by atoms with Gasteiger partial charge in [0.1, 0.15) is 11.6 Å². The maximum absolute atomic E-state index is 12.9. The van der Waals surface area contributed by atoms with Crippen molar-refractivity contribution in [2.75, 3.05) is 31.1 Å². The van der Waals surface area contributed by atoms with Crippen LogP contribution in [-0.4, -0.2) is 68.2 Å². The highest BCUT2D eigenvalue weighted by molar-refractivity contribution is 5.66. The quantitative estimate of drug-likeness (QED) is 0.431. The van der Waals surface area contributed by atoms with E-state index in [1.807, 2.05) is 29.7 Å². The van der Waals surface area contributed by atoms with E-state index in [0.717, 1.165) is 22.8 Å². The number of hydrogen-bond acceptors (Lipinski definition) is 6. The van der Waals surface area contributed by atoms with E-state index in [4.69, 9.17) is 9.84 Å². The van der Waals surface area contributed by atoms with Gasteiger partial charge in [0.05, 0.1) is 23.3 Å². The third kappa shape index (κ3) is 4.77. The molecule has 0 unspecified atom stereocenters. The molecule has 1 amide bonds. The van der Waals surface area contributed by atoms with Crippen LogP contribution < -0.4 is 9.64 Å². The molecule has 1 aromatic carbocycles. The maximum Gasteiger partial charge on any atom is 0.407 e. The third-order valence-corrected chi connectivity index (χ3v) is 6.27. The monoisotopic (exact) mass is 494 g/mol. The maximum atomic E-state index is 12.9. The molecular formula is C25H24F2N6O3. The summed E-state index contributed by atoms with van der Waals surface area (Å²) in [7, 11) is 0. The molecule has 11 heteroatoms. The Kier molecular flexibility index (Phi) is 6.36. The molecular weight excluding hydrogens is 470 g/mol. The number of aryl methyl sites for hydroxylation is 1. The second-order valence-corrected chi connectivity index (χ2v) is 8.47. The highest BCUT2D eigenvalue weighted by Crippen LogP contribution is 2.26. The van der Waals surface area contributed by atoms with E-state index in [-0.39, 0.29) is 5.75 Å². The van der Waals surface area contributed by atoms with Crippen LogP contribution in [0.4, 0.5) is 19.4 Å². The van der Waals surface area contributed by atoms with Gasteiger partial charge in [-0.05, 0) is 25.1 Å². The van der Waals surface area contributed by atoms with Gasteiger partial charge in [-0.2, -0.15) is 8.78 Å². The first-order chi connectivity index (χ1) is 17.4. The Balaban J connectivity index is 1.40. The number of carboxylic acid groups (broad SMARTS) is 1. The molecule has 1 saturated heterocycles. The highest BCUT2D eigenvalue weighted by atomic mass is 19.3. The first kappa shape index (κ1) is 23.5. The van der Waals surface area contributed by atoms with Crippen molar-refractivity contribution in [2.45, 2.75) is 20.0 Å². The largest absolute Gasteiger partial charge is 0.465 e. The summed E-state index contributed by atoms with van der Waals surface area (Å²) in [5, 5.41) is 9.13. The van der Waals surface area contributed by atoms with E-state index in [9.17, 15) is 13.6 Å². The number of ether oxygens (including phenoxy) is 1. The second-order valence-electron chi connectivity index (χ2n) is 8.47. The molecule has 0 bridgehead atoms. The van der Waals surface area contributed by atoms with Gasteiger partial charge in [-0.1, -0.05) is 18.2 Å². The molecule has 5 rings (SSSR count). The number of benzene rings is 1. The van der Waals surface area contributed by atoms with Crippen molar-refractivity contribution in [1.29, 1.82) is 0 Å². The molecule has 1 aliphatic rings. The summed E-state index contributed by atoms with van der Waals surface area (Å²) in [4.78, 5) is 28.2. The van der Waals surface area contributed by atoms with Crippen LogP contribution in [0, 0.1) is 6.92 Å². The van der Waals surface area contributed by atoms with Crippen molar-refractivity contribution in [2.24, 2.45) is 0 Å². The lowest BCUT2D eigenvalue weighted by molar-refractivity contribution is -0.0504. The number of carbonyl (C=O) groups is 1. The van der Waals surface area contributed by atoms with Crippen LogP contribution in [0.3, 0.4) is 0 Å². The van der Waals surface area contributed by atoms with Crippen molar-refractivity contribution >= 4 is 17.6 Å². The minimum atomic E-state index is -2.90. The second kappa shape index (κ2) is 9.76. The van der Waals surface area contributed by atoms with Gasteiger partial charge in [0, 0.05) is 56.1 Å². The van der Waals surface area contributed by atoms with Crippen molar-refractivity contribution < 1.29 is 23.4 Å². The Morgan fingerprint density at radius 2 is 1.86 bits per heavy atom. The van der Waals surface area contributed by atoms with Crippen LogP contribution in [0.5, 0.6) is 5.75 Å². The van der Waals surface area contributed by atoms with E-state index < -0.39 is 12.7 Å². The predicted molar refractivity (Wildman–Crippen MR) is 129 cm³/mol. The number of amides is 1. The third-order valence-electron chi connectivity index (χ3n) is 6.27. The Bertz CT molecular complexity index is 1380. The molecule has 1 N–H and O–H groups in total. The first-order valence-corrected chi connectivity index (χ1v) is 11.4. The molecule has 0 saturated carbocycles. The van der Waals surface area contributed by atoms with Crippen molar-refractivity contribution in [3.8, 4) is 17.0 Å². The zero-order valence-corrected chi connectivity index (χ0v) is 19.5. The molecule has 0 aliphatic carbocycles. The highest BCUT2D eigenvalue weighted by Gasteiger charge is 2.21. The topological polar surface area (TPSA) is 96.1 Å². The number of pyridine rings is 1. The van der Waals surface area contributed by atoms with Crippen LogP contribution in [0.25, 0.3) is 16.9 Å². The van der Waals surface area contributed by atoms with Gasteiger partial charge in [-0.3, -0.25) is 9.38 Å². The smallest absolute Gasteiger partial charge is 0.407 e. The minimum Gasteiger partial charge on any atom is -0.465 e. The first-order valence-electron chi connectivity index (χ1n) is 11.4. The van der Waals surface area contributed by atoms with E-state index >= 15 is 0 Å². The number of fused-ring (bicyclic) bond motifs is 1. The Morgan fingerprint density at radius 1 is 1.08 bits per heavy atom. The van der Waals surface area contributed by atoms with Gasteiger partial charge in [0.15, 0.2) is 5.65 Å². The minimum absolute atomic E-state index is 0.139. The number of anilines is 1. The van der Waals surface area contributed by atoms with Crippen LogP contribution in [0.2, 0.25) is 0 Å². The number of halogens is 2. The van der Waals surface area contributed by atoms with E-state index in [1.54, 1.807) is 30.6 Å². The summed E-state index contributed by atoms with van der Waals surface area (Å²) in [5.41, 5.74) is 4.40. The summed E-state index contributed by atoms with van der Waals surface area (Å²) < 4.78 is 32.3. The van der Waals surface area contributed by atoms with E-state index in [2.05, 4.69) is 19.9 Å². The average molecular weight is 495 g/mol. The number of piperazine rings is 1. The van der Waals surface area contributed by atoms with Gasteiger partial charge < -0.3 is 19.6 Å². The number of para-hydroxylation sites is 1.